The van der Waals surface area contributed by atoms with Crippen LogP contribution < -0.4 is 5.73 Å². The highest BCUT2D eigenvalue weighted by molar-refractivity contribution is 6.17. The second-order valence-electron chi connectivity index (χ2n) is 2.69. The third-order valence-corrected chi connectivity index (χ3v) is 2.06. The van der Waals surface area contributed by atoms with Crippen molar-refractivity contribution in [1.82, 2.24) is 4.98 Å². The summed E-state index contributed by atoms with van der Waals surface area (Å²) in [6.45, 7) is 0. The molecule has 0 aromatic carbocycles. The second-order valence-corrected chi connectivity index (χ2v) is 2.96. The molecule has 0 aliphatic carbocycles. The number of carboxylic acid groups (broad SMARTS) is 1. The fourth-order valence-corrected chi connectivity index (χ4v) is 1.30. The summed E-state index contributed by atoms with van der Waals surface area (Å²) in [6, 6.07) is 0. The smallest absolute Gasteiger partial charge is 0.338 e. The lowest BCUT2D eigenvalue weighted by molar-refractivity contribution is 0.0685. The Morgan fingerprint density at radius 1 is 1.67 bits per heavy atom. The van der Waals surface area contributed by atoms with Crippen LogP contribution in [0.2, 0.25) is 0 Å². The van der Waals surface area contributed by atoms with Crippen molar-refractivity contribution in [3.05, 3.63) is 23.0 Å². The maximum absolute atomic E-state index is 12.4. The molecule has 0 spiro atoms. The van der Waals surface area contributed by atoms with Crippen LogP contribution in [-0.2, 0) is 5.88 Å². The predicted octanol–water partition coefficient (Wildman–Crippen LogP) is 2.04. The topological polar surface area (TPSA) is 76.2 Å². The largest absolute Gasteiger partial charge is 0.478 e. The van der Waals surface area contributed by atoms with Gasteiger partial charge in [-0.25, -0.2) is 13.6 Å². The molecule has 0 aliphatic rings. The number of nitrogen functional groups attached to an aromatic ring is 1. The van der Waals surface area contributed by atoms with Gasteiger partial charge < -0.3 is 10.8 Å². The zero-order valence-electron chi connectivity index (χ0n) is 7.38. The molecule has 0 saturated heterocycles. The van der Waals surface area contributed by atoms with Crippen LogP contribution in [0.3, 0.4) is 0 Å². The standard InChI is InChI=1S/C8H7ClF2N2O2/c9-1-4-6(12)5(8(14)15)3(2-13-4)7(10)11/h2,7H,1,12H2,(H,14,15). The molecular weight excluding hydrogens is 230 g/mol. The fraction of sp³-hybridized carbons (Fsp3) is 0.250. The molecule has 7 heteroatoms. The second kappa shape index (κ2) is 4.39. The lowest BCUT2D eigenvalue weighted by Gasteiger charge is -2.09. The third kappa shape index (κ3) is 2.15. The van der Waals surface area contributed by atoms with E-state index in [0.717, 1.165) is 6.20 Å². The molecule has 0 aliphatic heterocycles. The Kier molecular flexibility index (Phi) is 3.41. The van der Waals surface area contributed by atoms with Gasteiger partial charge in [0.25, 0.3) is 6.43 Å². The van der Waals surface area contributed by atoms with Crippen LogP contribution in [0.25, 0.3) is 0 Å². The molecule has 4 nitrogen and oxygen atoms in total. The Hall–Kier alpha value is -1.43. The quantitative estimate of drug-likeness (QED) is 0.788. The summed E-state index contributed by atoms with van der Waals surface area (Å²) in [7, 11) is 0. The van der Waals surface area contributed by atoms with E-state index in [1.165, 1.54) is 0 Å². The molecule has 0 saturated carbocycles. The number of carboxylic acids is 1. The summed E-state index contributed by atoms with van der Waals surface area (Å²) < 4.78 is 24.8. The monoisotopic (exact) mass is 236 g/mol. The lowest BCUT2D eigenvalue weighted by Crippen LogP contribution is -2.11. The maximum Gasteiger partial charge on any atom is 0.338 e. The Morgan fingerprint density at radius 2 is 2.27 bits per heavy atom. The molecule has 15 heavy (non-hydrogen) atoms. The first-order valence-corrected chi connectivity index (χ1v) is 4.37. The van der Waals surface area contributed by atoms with Crippen LogP contribution in [0.1, 0.15) is 28.0 Å². The zero-order valence-corrected chi connectivity index (χ0v) is 8.13. The summed E-state index contributed by atoms with van der Waals surface area (Å²) in [4.78, 5) is 14.3. The van der Waals surface area contributed by atoms with Crippen LogP contribution in [0.15, 0.2) is 6.20 Å². The molecule has 3 N–H and O–H groups in total. The molecular formula is C8H7ClF2N2O2. The zero-order chi connectivity index (χ0) is 11.6. The van der Waals surface area contributed by atoms with Crippen molar-refractivity contribution in [3.63, 3.8) is 0 Å². The van der Waals surface area contributed by atoms with Crippen molar-refractivity contribution >= 4 is 23.3 Å². The minimum Gasteiger partial charge on any atom is -0.478 e. The Bertz CT molecular complexity index is 398. The van der Waals surface area contributed by atoms with Crippen molar-refractivity contribution in [2.75, 3.05) is 5.73 Å². The highest BCUT2D eigenvalue weighted by Crippen LogP contribution is 2.28. The van der Waals surface area contributed by atoms with E-state index in [1.54, 1.807) is 0 Å². The third-order valence-electron chi connectivity index (χ3n) is 1.80. The molecule has 0 fully saturated rings. The minimum atomic E-state index is -2.93. The molecule has 1 heterocycles. The van der Waals surface area contributed by atoms with E-state index in [0.29, 0.717) is 0 Å². The van der Waals surface area contributed by atoms with E-state index in [2.05, 4.69) is 4.98 Å². The highest BCUT2D eigenvalue weighted by Gasteiger charge is 2.23. The average molecular weight is 237 g/mol. The number of alkyl halides is 3. The molecule has 0 bridgehead atoms. The van der Waals surface area contributed by atoms with E-state index < -0.39 is 23.5 Å². The molecule has 0 radical (unpaired) electrons. The minimum absolute atomic E-state index is 0.0819. The van der Waals surface area contributed by atoms with Gasteiger partial charge in [-0.2, -0.15) is 0 Å². The highest BCUT2D eigenvalue weighted by atomic mass is 35.5. The Balaban J connectivity index is 3.44. The van der Waals surface area contributed by atoms with Gasteiger partial charge in [-0.05, 0) is 0 Å². The number of aromatic carboxylic acids is 1. The van der Waals surface area contributed by atoms with E-state index >= 15 is 0 Å². The summed E-state index contributed by atoms with van der Waals surface area (Å²) in [5.41, 5.74) is 3.82. The van der Waals surface area contributed by atoms with Crippen LogP contribution in [0.5, 0.6) is 0 Å². The number of pyridine rings is 1. The molecule has 0 amide bonds. The van der Waals surface area contributed by atoms with Gasteiger partial charge in [-0.1, -0.05) is 0 Å². The number of nitrogens with zero attached hydrogens (tertiary/aromatic N) is 1. The normalized spacial score (nSPS) is 10.7. The predicted molar refractivity (Wildman–Crippen MR) is 50.1 cm³/mol. The van der Waals surface area contributed by atoms with Gasteiger partial charge in [-0.15, -0.1) is 11.6 Å². The molecule has 0 atom stereocenters. The van der Waals surface area contributed by atoms with Gasteiger partial charge in [0.05, 0.1) is 28.4 Å². The number of hydrogen-bond acceptors (Lipinski definition) is 3. The van der Waals surface area contributed by atoms with Gasteiger partial charge in [0.15, 0.2) is 0 Å². The van der Waals surface area contributed by atoms with E-state index in [1.807, 2.05) is 0 Å². The first kappa shape index (κ1) is 11.6. The van der Waals surface area contributed by atoms with Crippen LogP contribution >= 0.6 is 11.6 Å². The number of halogens is 3. The first-order valence-electron chi connectivity index (χ1n) is 3.83. The average Bonchev–Trinajstić information content (AvgIpc) is 2.16. The van der Waals surface area contributed by atoms with Crippen LogP contribution in [0, 0.1) is 0 Å². The van der Waals surface area contributed by atoms with Crippen LogP contribution in [0.4, 0.5) is 14.5 Å². The van der Waals surface area contributed by atoms with Crippen molar-refractivity contribution < 1.29 is 18.7 Å². The molecule has 1 aromatic heterocycles. The van der Waals surface area contributed by atoms with Gasteiger partial charge in [0.2, 0.25) is 0 Å². The summed E-state index contributed by atoms with van der Waals surface area (Å²) in [5.74, 6) is -1.65. The van der Waals surface area contributed by atoms with E-state index in [-0.39, 0.29) is 17.3 Å². The van der Waals surface area contributed by atoms with Gasteiger partial charge in [0, 0.05) is 6.20 Å². The summed E-state index contributed by atoms with van der Waals surface area (Å²) in [6.07, 6.45) is -2.15. The first-order chi connectivity index (χ1) is 6.99. The maximum atomic E-state index is 12.4. The number of carbonyl (C=O) groups is 1. The van der Waals surface area contributed by atoms with Gasteiger partial charge in [0.1, 0.15) is 0 Å². The Labute approximate surface area is 88.7 Å². The number of hydrogen-bond donors (Lipinski definition) is 2. The van der Waals surface area contributed by atoms with Gasteiger partial charge in [-0.3, -0.25) is 4.98 Å². The summed E-state index contributed by atoms with van der Waals surface area (Å²) in [5, 5.41) is 8.73. The van der Waals surface area contributed by atoms with Crippen molar-refractivity contribution in [3.8, 4) is 0 Å². The van der Waals surface area contributed by atoms with E-state index in [9.17, 15) is 13.6 Å². The van der Waals surface area contributed by atoms with E-state index in [4.69, 9.17) is 22.4 Å². The molecule has 0 unspecified atom stereocenters. The number of nitrogens with two attached hydrogens (primary N) is 1. The van der Waals surface area contributed by atoms with Crippen molar-refractivity contribution in [2.45, 2.75) is 12.3 Å². The van der Waals surface area contributed by atoms with Crippen molar-refractivity contribution in [1.29, 1.82) is 0 Å². The SMILES string of the molecule is Nc1c(CCl)ncc(C(F)F)c1C(=O)O. The number of rotatable bonds is 3. The molecule has 1 rings (SSSR count). The number of anilines is 1. The lowest BCUT2D eigenvalue weighted by atomic mass is 10.1. The number of aromatic nitrogens is 1. The fourth-order valence-electron chi connectivity index (χ4n) is 1.09. The molecule has 82 valence electrons. The van der Waals surface area contributed by atoms with Crippen LogP contribution in [-0.4, -0.2) is 16.1 Å². The molecule has 1 aromatic rings. The van der Waals surface area contributed by atoms with Crippen molar-refractivity contribution in [2.24, 2.45) is 0 Å². The van der Waals surface area contributed by atoms with Gasteiger partial charge >= 0.3 is 5.97 Å². The summed E-state index contributed by atoms with van der Waals surface area (Å²) >= 11 is 5.42. The Morgan fingerprint density at radius 3 is 2.67 bits per heavy atom.